The highest BCUT2D eigenvalue weighted by molar-refractivity contribution is 5.77. The molecule has 0 spiro atoms. The molecule has 72 valence electrons. The molecular weight excluding hydrogens is 158 g/mol. The Morgan fingerprint density at radius 3 is 2.58 bits per heavy atom. The molecule has 0 aromatic heterocycles. The molecule has 0 radical (unpaired) electrons. The van der Waals surface area contributed by atoms with Crippen LogP contribution >= 0.6 is 0 Å². The van der Waals surface area contributed by atoms with Gasteiger partial charge in [-0.25, -0.2) is 4.79 Å². The predicted molar refractivity (Wildman–Crippen MR) is 46.5 cm³/mol. The first kappa shape index (κ1) is 11.4. The van der Waals surface area contributed by atoms with Crippen LogP contribution in [0.1, 0.15) is 19.8 Å². The van der Waals surface area contributed by atoms with Crippen molar-refractivity contribution in [3.05, 3.63) is 0 Å². The first-order chi connectivity index (χ1) is 5.50. The third-order valence-corrected chi connectivity index (χ3v) is 1.59. The van der Waals surface area contributed by atoms with Crippen molar-refractivity contribution in [1.82, 2.24) is 5.32 Å². The number of carbonyl (C=O) groups is 1. The van der Waals surface area contributed by atoms with E-state index in [-0.39, 0.29) is 6.42 Å². The summed E-state index contributed by atoms with van der Waals surface area (Å²) in [6, 6.07) is 0. The van der Waals surface area contributed by atoms with E-state index in [0.717, 1.165) is 13.1 Å². The zero-order valence-corrected chi connectivity index (χ0v) is 7.34. The summed E-state index contributed by atoms with van der Waals surface area (Å²) in [5.74, 6) is -1.15. The molecule has 0 saturated carbocycles. The van der Waals surface area contributed by atoms with Crippen molar-refractivity contribution in [3.63, 3.8) is 0 Å². The van der Waals surface area contributed by atoms with Crippen molar-refractivity contribution < 1.29 is 9.90 Å². The Hall–Kier alpha value is -0.650. The molecule has 0 aromatic rings. The van der Waals surface area contributed by atoms with Crippen LogP contribution < -0.4 is 16.8 Å². The fourth-order valence-electron chi connectivity index (χ4n) is 0.790. The lowest BCUT2D eigenvalue weighted by Gasteiger charge is -2.18. The molecule has 0 heterocycles. The van der Waals surface area contributed by atoms with Crippen LogP contribution in [0.3, 0.4) is 0 Å². The quantitative estimate of drug-likeness (QED) is 0.309. The lowest BCUT2D eigenvalue weighted by Crippen LogP contribution is -2.56. The van der Waals surface area contributed by atoms with Gasteiger partial charge < -0.3 is 21.9 Å². The molecule has 0 fully saturated rings. The van der Waals surface area contributed by atoms with Gasteiger partial charge in [-0.3, -0.25) is 0 Å². The van der Waals surface area contributed by atoms with Gasteiger partial charge in [-0.15, -0.1) is 0 Å². The average Bonchev–Trinajstić information content (AvgIpc) is 1.98. The molecular formula is C7H17N3O2. The van der Waals surface area contributed by atoms with Crippen molar-refractivity contribution in [1.29, 1.82) is 0 Å². The Balaban J connectivity index is 3.54. The molecule has 0 aliphatic heterocycles. The molecule has 0 saturated heterocycles. The molecule has 12 heavy (non-hydrogen) atoms. The van der Waals surface area contributed by atoms with E-state index in [1.54, 1.807) is 0 Å². The third kappa shape index (κ3) is 4.27. The van der Waals surface area contributed by atoms with Gasteiger partial charge in [0.15, 0.2) is 5.66 Å². The summed E-state index contributed by atoms with van der Waals surface area (Å²) in [6.45, 7) is 3.60. The molecule has 0 aliphatic carbocycles. The molecule has 0 amide bonds. The molecule has 0 aromatic carbocycles. The summed E-state index contributed by atoms with van der Waals surface area (Å²) in [4.78, 5) is 10.4. The summed E-state index contributed by atoms with van der Waals surface area (Å²) in [5, 5.41) is 11.6. The molecule has 6 N–H and O–H groups in total. The van der Waals surface area contributed by atoms with Crippen LogP contribution in [0.2, 0.25) is 0 Å². The van der Waals surface area contributed by atoms with Gasteiger partial charge in [0.1, 0.15) is 0 Å². The van der Waals surface area contributed by atoms with Crippen LogP contribution in [0.25, 0.3) is 0 Å². The lowest BCUT2D eigenvalue weighted by molar-refractivity contribution is -0.143. The standard InChI is InChI=1S/C7H17N3O2/c1-2-10-5-3-4-7(8,9)6(11)12/h10H,2-5,8-9H2,1H3,(H,11,12). The smallest absolute Gasteiger partial charge is 0.338 e. The van der Waals surface area contributed by atoms with Crippen LogP contribution in [0.4, 0.5) is 0 Å². The van der Waals surface area contributed by atoms with Gasteiger partial charge in [-0.05, 0) is 25.9 Å². The summed E-state index contributed by atoms with van der Waals surface area (Å²) in [5.41, 5.74) is 9.01. The number of hydrogen-bond acceptors (Lipinski definition) is 4. The summed E-state index contributed by atoms with van der Waals surface area (Å²) in [6.07, 6.45) is 0.961. The predicted octanol–water partition coefficient (Wildman–Crippen LogP) is -0.926. The lowest BCUT2D eigenvalue weighted by atomic mass is 10.1. The van der Waals surface area contributed by atoms with Gasteiger partial charge in [0.2, 0.25) is 0 Å². The highest BCUT2D eigenvalue weighted by Gasteiger charge is 2.27. The minimum atomic E-state index is -1.57. The first-order valence-corrected chi connectivity index (χ1v) is 4.02. The Kier molecular flexibility index (Phi) is 4.80. The largest absolute Gasteiger partial charge is 0.479 e. The second-order valence-corrected chi connectivity index (χ2v) is 2.80. The topological polar surface area (TPSA) is 101 Å². The van der Waals surface area contributed by atoms with Crippen molar-refractivity contribution >= 4 is 5.97 Å². The number of nitrogens with one attached hydrogen (secondary N) is 1. The van der Waals surface area contributed by atoms with Crippen molar-refractivity contribution in [2.24, 2.45) is 11.5 Å². The zero-order valence-electron chi connectivity index (χ0n) is 7.34. The average molecular weight is 175 g/mol. The second-order valence-electron chi connectivity index (χ2n) is 2.80. The van der Waals surface area contributed by atoms with Crippen molar-refractivity contribution in [2.45, 2.75) is 25.4 Å². The molecule has 5 nitrogen and oxygen atoms in total. The van der Waals surface area contributed by atoms with E-state index in [4.69, 9.17) is 16.6 Å². The maximum absolute atomic E-state index is 10.4. The van der Waals surface area contributed by atoms with Crippen LogP contribution in [0, 0.1) is 0 Å². The summed E-state index contributed by atoms with van der Waals surface area (Å²) < 4.78 is 0. The van der Waals surface area contributed by atoms with Crippen LogP contribution in [-0.2, 0) is 4.79 Å². The van der Waals surface area contributed by atoms with E-state index in [1.807, 2.05) is 6.92 Å². The van der Waals surface area contributed by atoms with Gasteiger partial charge in [0.05, 0.1) is 0 Å². The fraction of sp³-hybridized carbons (Fsp3) is 0.857. The molecule has 0 unspecified atom stereocenters. The molecule has 5 heteroatoms. The number of carboxylic acid groups (broad SMARTS) is 1. The van der Waals surface area contributed by atoms with E-state index in [2.05, 4.69) is 5.32 Å². The monoisotopic (exact) mass is 175 g/mol. The Labute approximate surface area is 72.1 Å². The number of rotatable bonds is 6. The van der Waals surface area contributed by atoms with E-state index in [9.17, 15) is 4.79 Å². The SMILES string of the molecule is CCNCCCC(N)(N)C(=O)O. The van der Waals surface area contributed by atoms with Crippen LogP contribution in [0.5, 0.6) is 0 Å². The van der Waals surface area contributed by atoms with E-state index in [1.165, 1.54) is 0 Å². The maximum Gasteiger partial charge on any atom is 0.338 e. The van der Waals surface area contributed by atoms with Crippen LogP contribution in [-0.4, -0.2) is 29.8 Å². The normalized spacial score (nSPS) is 11.6. The minimum Gasteiger partial charge on any atom is -0.479 e. The van der Waals surface area contributed by atoms with E-state index >= 15 is 0 Å². The number of nitrogens with two attached hydrogens (primary N) is 2. The van der Waals surface area contributed by atoms with Gasteiger partial charge in [0, 0.05) is 0 Å². The fourth-order valence-corrected chi connectivity index (χ4v) is 0.790. The van der Waals surface area contributed by atoms with Gasteiger partial charge in [-0.1, -0.05) is 6.92 Å². The number of carboxylic acids is 1. The van der Waals surface area contributed by atoms with Crippen LogP contribution in [0.15, 0.2) is 0 Å². The van der Waals surface area contributed by atoms with E-state index < -0.39 is 11.6 Å². The maximum atomic E-state index is 10.4. The molecule has 0 aliphatic rings. The first-order valence-electron chi connectivity index (χ1n) is 4.02. The highest BCUT2D eigenvalue weighted by atomic mass is 16.4. The highest BCUT2D eigenvalue weighted by Crippen LogP contribution is 2.01. The third-order valence-electron chi connectivity index (χ3n) is 1.59. The molecule has 0 atom stereocenters. The number of aliphatic carboxylic acids is 1. The second kappa shape index (κ2) is 5.08. The van der Waals surface area contributed by atoms with Crippen molar-refractivity contribution in [3.8, 4) is 0 Å². The zero-order chi connectivity index (χ0) is 9.61. The Morgan fingerprint density at radius 1 is 1.58 bits per heavy atom. The van der Waals surface area contributed by atoms with Gasteiger partial charge >= 0.3 is 5.97 Å². The van der Waals surface area contributed by atoms with Gasteiger partial charge in [0.25, 0.3) is 0 Å². The minimum absolute atomic E-state index is 0.287. The molecule has 0 rings (SSSR count). The van der Waals surface area contributed by atoms with Gasteiger partial charge in [-0.2, -0.15) is 0 Å². The van der Waals surface area contributed by atoms with E-state index in [0.29, 0.717) is 6.42 Å². The number of hydrogen-bond donors (Lipinski definition) is 4. The van der Waals surface area contributed by atoms with Crippen molar-refractivity contribution in [2.75, 3.05) is 13.1 Å². The Bertz CT molecular complexity index is 148. The molecule has 0 bridgehead atoms. The Morgan fingerprint density at radius 2 is 2.17 bits per heavy atom. The summed E-state index contributed by atoms with van der Waals surface area (Å²) >= 11 is 0. The summed E-state index contributed by atoms with van der Waals surface area (Å²) in [7, 11) is 0.